The summed E-state index contributed by atoms with van der Waals surface area (Å²) in [6.07, 6.45) is 1.77. The third kappa shape index (κ3) is 1.96. The fourth-order valence-electron chi connectivity index (χ4n) is 2.95. The first-order valence-corrected chi connectivity index (χ1v) is 6.25. The van der Waals surface area contributed by atoms with Crippen molar-refractivity contribution < 1.29 is 9.90 Å². The molecular weight excluding hydrogens is 204 g/mol. The number of aliphatic carboxylic acids is 1. The molecule has 4 nitrogen and oxygen atoms in total. The molecule has 4 heteroatoms. The molecule has 0 aliphatic carbocycles. The molecule has 0 aromatic heterocycles. The summed E-state index contributed by atoms with van der Waals surface area (Å²) < 4.78 is 0. The van der Waals surface area contributed by atoms with E-state index in [1.165, 1.54) is 0 Å². The van der Waals surface area contributed by atoms with Gasteiger partial charge in [0.1, 0.15) is 5.54 Å². The van der Waals surface area contributed by atoms with E-state index in [0.29, 0.717) is 5.92 Å². The summed E-state index contributed by atoms with van der Waals surface area (Å²) in [6, 6.07) is 0. The quantitative estimate of drug-likeness (QED) is 0.744. The first kappa shape index (κ1) is 11.9. The second-order valence-corrected chi connectivity index (χ2v) is 5.59. The highest BCUT2D eigenvalue weighted by Crippen LogP contribution is 2.35. The Morgan fingerprint density at radius 2 is 2.31 bits per heavy atom. The fourth-order valence-corrected chi connectivity index (χ4v) is 2.95. The number of hydrogen-bond donors (Lipinski definition) is 2. The van der Waals surface area contributed by atoms with Gasteiger partial charge in [0, 0.05) is 19.0 Å². The Morgan fingerprint density at radius 3 is 2.94 bits per heavy atom. The molecule has 0 aromatic carbocycles. The normalized spacial score (nSPS) is 37.9. The van der Waals surface area contributed by atoms with Gasteiger partial charge in [-0.15, -0.1) is 0 Å². The summed E-state index contributed by atoms with van der Waals surface area (Å²) in [4.78, 5) is 14.0. The fraction of sp³-hybridized carbons (Fsp3) is 0.917. The first-order chi connectivity index (χ1) is 7.54. The van der Waals surface area contributed by atoms with Gasteiger partial charge in [-0.25, -0.2) is 0 Å². The highest BCUT2D eigenvalue weighted by atomic mass is 16.4. The van der Waals surface area contributed by atoms with Crippen LogP contribution in [0.3, 0.4) is 0 Å². The third-order valence-corrected chi connectivity index (χ3v) is 4.00. The van der Waals surface area contributed by atoms with Crippen LogP contribution in [-0.2, 0) is 4.79 Å². The predicted molar refractivity (Wildman–Crippen MR) is 62.4 cm³/mol. The average Bonchev–Trinajstić information content (AvgIpc) is 2.61. The molecule has 2 fully saturated rings. The van der Waals surface area contributed by atoms with E-state index >= 15 is 0 Å². The molecule has 0 spiro atoms. The van der Waals surface area contributed by atoms with Gasteiger partial charge in [0.2, 0.25) is 0 Å². The molecule has 16 heavy (non-hydrogen) atoms. The Balaban J connectivity index is 2.11. The summed E-state index contributed by atoms with van der Waals surface area (Å²) in [7, 11) is 0. The van der Waals surface area contributed by atoms with Crippen molar-refractivity contribution >= 4 is 5.97 Å². The average molecular weight is 226 g/mol. The summed E-state index contributed by atoms with van der Waals surface area (Å²) in [5.74, 6) is 0.132. The van der Waals surface area contributed by atoms with Crippen LogP contribution in [0, 0.1) is 11.8 Å². The zero-order valence-electron chi connectivity index (χ0n) is 10.2. The molecule has 2 aliphatic rings. The summed E-state index contributed by atoms with van der Waals surface area (Å²) in [5, 5.41) is 12.9. The molecule has 0 saturated carbocycles. The SMILES string of the molecule is CC(C)CNC1(C(=O)O)CCN2CCC1C2. The van der Waals surface area contributed by atoms with Crippen molar-refractivity contribution in [3.05, 3.63) is 0 Å². The van der Waals surface area contributed by atoms with E-state index in [4.69, 9.17) is 0 Å². The lowest BCUT2D eigenvalue weighted by atomic mass is 9.78. The van der Waals surface area contributed by atoms with Gasteiger partial charge in [-0.3, -0.25) is 4.79 Å². The van der Waals surface area contributed by atoms with Crippen molar-refractivity contribution in [3.8, 4) is 0 Å². The second-order valence-electron chi connectivity index (χ2n) is 5.59. The van der Waals surface area contributed by atoms with E-state index in [1.54, 1.807) is 0 Å². The molecular formula is C12H22N2O2. The number of carbonyl (C=O) groups is 1. The van der Waals surface area contributed by atoms with Gasteiger partial charge in [-0.05, 0) is 31.8 Å². The van der Waals surface area contributed by atoms with Crippen LogP contribution in [0.5, 0.6) is 0 Å². The van der Waals surface area contributed by atoms with E-state index in [0.717, 1.165) is 39.0 Å². The Labute approximate surface area is 97.0 Å². The zero-order valence-corrected chi connectivity index (χ0v) is 10.2. The van der Waals surface area contributed by atoms with E-state index in [2.05, 4.69) is 24.1 Å². The number of carboxylic acid groups (broad SMARTS) is 1. The summed E-state index contributed by atoms with van der Waals surface area (Å²) >= 11 is 0. The van der Waals surface area contributed by atoms with Crippen molar-refractivity contribution in [1.29, 1.82) is 0 Å². The Hall–Kier alpha value is -0.610. The minimum Gasteiger partial charge on any atom is -0.480 e. The van der Waals surface area contributed by atoms with Crippen LogP contribution in [0.4, 0.5) is 0 Å². The van der Waals surface area contributed by atoms with E-state index in [-0.39, 0.29) is 5.92 Å². The number of hydrogen-bond acceptors (Lipinski definition) is 3. The number of carboxylic acids is 1. The van der Waals surface area contributed by atoms with Gasteiger partial charge in [0.05, 0.1) is 0 Å². The number of rotatable bonds is 4. The van der Waals surface area contributed by atoms with Crippen LogP contribution < -0.4 is 5.32 Å². The van der Waals surface area contributed by atoms with Crippen molar-refractivity contribution in [2.24, 2.45) is 11.8 Å². The maximum Gasteiger partial charge on any atom is 0.324 e. The lowest BCUT2D eigenvalue weighted by Crippen LogP contribution is -2.62. The predicted octanol–water partition coefficient (Wildman–Crippen LogP) is 0.781. The number of nitrogens with zero attached hydrogens (tertiary/aromatic N) is 1. The molecule has 0 radical (unpaired) electrons. The van der Waals surface area contributed by atoms with Crippen molar-refractivity contribution in [1.82, 2.24) is 10.2 Å². The standard InChI is InChI=1S/C12H22N2O2/c1-9(2)7-13-12(11(15)16)4-6-14-5-3-10(12)8-14/h9-10,13H,3-8H2,1-2H3,(H,15,16). The van der Waals surface area contributed by atoms with E-state index in [1.807, 2.05) is 0 Å². The first-order valence-electron chi connectivity index (χ1n) is 6.25. The van der Waals surface area contributed by atoms with Crippen molar-refractivity contribution in [3.63, 3.8) is 0 Å². The second kappa shape index (κ2) is 4.34. The van der Waals surface area contributed by atoms with E-state index in [9.17, 15) is 9.90 Å². The molecule has 3 unspecified atom stereocenters. The molecule has 0 aromatic rings. The molecule has 2 N–H and O–H groups in total. The molecule has 2 rings (SSSR count). The van der Waals surface area contributed by atoms with Gasteiger partial charge in [0.25, 0.3) is 0 Å². The molecule has 2 aliphatic heterocycles. The van der Waals surface area contributed by atoms with Gasteiger partial charge in [0.15, 0.2) is 0 Å². The van der Waals surface area contributed by atoms with Crippen LogP contribution >= 0.6 is 0 Å². The zero-order chi connectivity index (χ0) is 11.8. The van der Waals surface area contributed by atoms with E-state index < -0.39 is 11.5 Å². The minimum absolute atomic E-state index is 0.289. The molecule has 2 heterocycles. The van der Waals surface area contributed by atoms with Crippen molar-refractivity contribution in [2.75, 3.05) is 26.2 Å². The summed E-state index contributed by atoms with van der Waals surface area (Å²) in [6.45, 7) is 7.98. The van der Waals surface area contributed by atoms with Crippen LogP contribution in [-0.4, -0.2) is 47.7 Å². The van der Waals surface area contributed by atoms with Gasteiger partial charge in [-0.2, -0.15) is 0 Å². The van der Waals surface area contributed by atoms with Gasteiger partial charge in [-0.1, -0.05) is 13.8 Å². The molecule has 92 valence electrons. The highest BCUT2D eigenvalue weighted by molar-refractivity contribution is 5.79. The molecule has 2 saturated heterocycles. The van der Waals surface area contributed by atoms with Crippen LogP contribution in [0.2, 0.25) is 0 Å². The molecule has 3 atom stereocenters. The lowest BCUT2D eigenvalue weighted by Gasteiger charge is -2.40. The Bertz CT molecular complexity index is 280. The maximum absolute atomic E-state index is 11.6. The van der Waals surface area contributed by atoms with Crippen LogP contribution in [0.1, 0.15) is 26.7 Å². The highest BCUT2D eigenvalue weighted by Gasteiger charge is 2.51. The molecule has 2 bridgehead atoms. The number of nitrogens with one attached hydrogen (secondary N) is 1. The Kier molecular flexibility index (Phi) is 3.22. The molecule has 0 amide bonds. The third-order valence-electron chi connectivity index (χ3n) is 4.00. The Morgan fingerprint density at radius 1 is 1.56 bits per heavy atom. The topological polar surface area (TPSA) is 52.6 Å². The number of fused-ring (bicyclic) bond motifs is 2. The van der Waals surface area contributed by atoms with Crippen molar-refractivity contribution in [2.45, 2.75) is 32.2 Å². The smallest absolute Gasteiger partial charge is 0.324 e. The van der Waals surface area contributed by atoms with Crippen LogP contribution in [0.15, 0.2) is 0 Å². The van der Waals surface area contributed by atoms with Gasteiger partial charge < -0.3 is 15.3 Å². The van der Waals surface area contributed by atoms with Gasteiger partial charge >= 0.3 is 5.97 Å². The van der Waals surface area contributed by atoms with Crippen LogP contribution in [0.25, 0.3) is 0 Å². The summed E-state index contributed by atoms with van der Waals surface area (Å²) in [5.41, 5.74) is -0.655. The lowest BCUT2D eigenvalue weighted by molar-refractivity contribution is -0.149. The maximum atomic E-state index is 11.6. The number of piperidine rings is 1. The largest absolute Gasteiger partial charge is 0.480 e. The monoisotopic (exact) mass is 226 g/mol. The minimum atomic E-state index is -0.655.